The summed E-state index contributed by atoms with van der Waals surface area (Å²) in [6.45, 7) is 3.53. The molecule has 0 aliphatic carbocycles. The van der Waals surface area contributed by atoms with E-state index >= 15 is 0 Å². The van der Waals surface area contributed by atoms with Crippen LogP contribution in [0.25, 0.3) is 11.1 Å². The number of aryl methyl sites for hydroxylation is 1. The third kappa shape index (κ3) is 3.31. The van der Waals surface area contributed by atoms with Gasteiger partial charge in [-0.15, -0.1) is 0 Å². The average molecular weight is 366 g/mol. The van der Waals surface area contributed by atoms with E-state index < -0.39 is 0 Å². The van der Waals surface area contributed by atoms with Gasteiger partial charge in [0.25, 0.3) is 5.91 Å². The van der Waals surface area contributed by atoms with Crippen molar-refractivity contribution in [2.24, 2.45) is 5.73 Å². The Kier molecular flexibility index (Phi) is 4.41. The van der Waals surface area contributed by atoms with E-state index in [9.17, 15) is 4.79 Å². The Morgan fingerprint density at radius 1 is 1.41 bits per heavy atom. The molecule has 0 bridgehead atoms. The highest BCUT2D eigenvalue weighted by atomic mass is 16.3. The van der Waals surface area contributed by atoms with Gasteiger partial charge in [0.2, 0.25) is 5.88 Å². The lowest BCUT2D eigenvalue weighted by atomic mass is 10.1. The summed E-state index contributed by atoms with van der Waals surface area (Å²) in [5.74, 6) is -0.329. The van der Waals surface area contributed by atoms with Crippen molar-refractivity contribution in [2.45, 2.75) is 25.8 Å². The van der Waals surface area contributed by atoms with E-state index in [-0.39, 0.29) is 23.4 Å². The van der Waals surface area contributed by atoms with E-state index in [1.165, 1.54) is 0 Å². The number of carbonyl (C=O) groups excluding carboxylic acids is 1. The molecule has 1 amide bonds. The number of hydrogen-bond acceptors (Lipinski definition) is 7. The van der Waals surface area contributed by atoms with Crippen molar-refractivity contribution >= 4 is 34.3 Å². The number of rotatable bonds is 3. The van der Waals surface area contributed by atoms with Crippen LogP contribution in [0.1, 0.15) is 28.8 Å². The third-order valence-electron chi connectivity index (χ3n) is 4.76. The molecule has 0 spiro atoms. The van der Waals surface area contributed by atoms with Crippen molar-refractivity contribution in [3.63, 3.8) is 0 Å². The van der Waals surface area contributed by atoms with Crippen molar-refractivity contribution in [1.82, 2.24) is 9.97 Å². The highest BCUT2D eigenvalue weighted by Gasteiger charge is 2.24. The molecule has 5 N–H and O–H groups in total. The fraction of sp³-hybridized carbons (Fsp3) is 0.316. The standard InChI is InChI=1S/C19H22N6O2/c1-11-7-15-17(23-8-11)16(18(21)27-15)19(26)24-13-9-22-5-4-14(13)25-6-2-3-12(20)10-25/h4-5,7-9,12H,2-3,6,10,20-21H2,1H3,(H,24,26)/t12-/m1/s1. The summed E-state index contributed by atoms with van der Waals surface area (Å²) >= 11 is 0. The van der Waals surface area contributed by atoms with E-state index in [2.05, 4.69) is 20.2 Å². The first-order chi connectivity index (χ1) is 13.0. The van der Waals surface area contributed by atoms with Gasteiger partial charge in [-0.2, -0.15) is 0 Å². The monoisotopic (exact) mass is 366 g/mol. The van der Waals surface area contributed by atoms with Gasteiger partial charge in [0.05, 0.1) is 17.6 Å². The van der Waals surface area contributed by atoms with Gasteiger partial charge < -0.3 is 26.1 Å². The maximum absolute atomic E-state index is 12.9. The molecule has 3 aromatic heterocycles. The minimum absolute atomic E-state index is 0.0473. The number of piperidine rings is 1. The molecule has 140 valence electrons. The number of nitrogens with two attached hydrogens (primary N) is 2. The molecule has 1 aliphatic rings. The molecular weight excluding hydrogens is 344 g/mol. The Labute approximate surface area is 156 Å². The molecule has 3 aromatic rings. The molecule has 4 rings (SSSR count). The van der Waals surface area contributed by atoms with Gasteiger partial charge >= 0.3 is 0 Å². The summed E-state index contributed by atoms with van der Waals surface area (Å²) in [5.41, 5.74) is 15.6. The van der Waals surface area contributed by atoms with Crippen LogP contribution >= 0.6 is 0 Å². The van der Waals surface area contributed by atoms with Crippen LogP contribution in [0, 0.1) is 6.92 Å². The van der Waals surface area contributed by atoms with Crippen LogP contribution in [0.3, 0.4) is 0 Å². The third-order valence-corrected chi connectivity index (χ3v) is 4.76. The van der Waals surface area contributed by atoms with Crippen LogP contribution in [-0.2, 0) is 0 Å². The maximum atomic E-state index is 12.9. The van der Waals surface area contributed by atoms with E-state index in [4.69, 9.17) is 15.9 Å². The summed E-state index contributed by atoms with van der Waals surface area (Å²) in [7, 11) is 0. The van der Waals surface area contributed by atoms with Crippen molar-refractivity contribution in [3.8, 4) is 0 Å². The highest BCUT2D eigenvalue weighted by molar-refractivity contribution is 6.15. The Bertz CT molecular complexity index is 999. The molecule has 1 aliphatic heterocycles. The number of pyridine rings is 2. The van der Waals surface area contributed by atoms with Crippen LogP contribution in [0.15, 0.2) is 35.1 Å². The molecule has 1 saturated heterocycles. The number of furan rings is 1. The number of anilines is 3. The second-order valence-electron chi connectivity index (χ2n) is 6.90. The Morgan fingerprint density at radius 2 is 2.26 bits per heavy atom. The summed E-state index contributed by atoms with van der Waals surface area (Å²) < 4.78 is 5.51. The highest BCUT2D eigenvalue weighted by Crippen LogP contribution is 2.31. The summed E-state index contributed by atoms with van der Waals surface area (Å²) in [4.78, 5) is 23.6. The molecule has 0 saturated carbocycles. The van der Waals surface area contributed by atoms with Gasteiger partial charge in [-0.3, -0.25) is 14.8 Å². The number of nitrogens with one attached hydrogen (secondary N) is 1. The summed E-state index contributed by atoms with van der Waals surface area (Å²) in [6.07, 6.45) is 7.03. The number of aromatic nitrogens is 2. The normalized spacial score (nSPS) is 17.3. The van der Waals surface area contributed by atoms with E-state index in [0.717, 1.165) is 37.2 Å². The molecule has 27 heavy (non-hydrogen) atoms. The number of nitrogens with zero attached hydrogens (tertiary/aromatic N) is 3. The predicted octanol–water partition coefficient (Wildman–Crippen LogP) is 2.29. The summed E-state index contributed by atoms with van der Waals surface area (Å²) in [6, 6.07) is 3.81. The quantitative estimate of drug-likeness (QED) is 0.650. The fourth-order valence-corrected chi connectivity index (χ4v) is 3.49. The fourth-order valence-electron chi connectivity index (χ4n) is 3.49. The number of amides is 1. The van der Waals surface area contributed by atoms with Crippen molar-refractivity contribution in [2.75, 3.05) is 29.0 Å². The average Bonchev–Trinajstić information content (AvgIpc) is 2.97. The number of nitrogen functional groups attached to an aromatic ring is 1. The van der Waals surface area contributed by atoms with Crippen LogP contribution in [0.4, 0.5) is 17.3 Å². The molecular formula is C19H22N6O2. The molecule has 0 aromatic carbocycles. The second-order valence-corrected chi connectivity index (χ2v) is 6.90. The number of carbonyl (C=O) groups is 1. The predicted molar refractivity (Wildman–Crippen MR) is 105 cm³/mol. The largest absolute Gasteiger partial charge is 0.438 e. The van der Waals surface area contributed by atoms with Crippen LogP contribution < -0.4 is 21.7 Å². The van der Waals surface area contributed by atoms with E-state index in [1.807, 2.05) is 13.0 Å². The molecule has 1 atom stereocenters. The lowest BCUT2D eigenvalue weighted by Crippen LogP contribution is -2.43. The molecule has 4 heterocycles. The van der Waals surface area contributed by atoms with Gasteiger partial charge in [-0.1, -0.05) is 0 Å². The van der Waals surface area contributed by atoms with Gasteiger partial charge in [0, 0.05) is 31.5 Å². The van der Waals surface area contributed by atoms with Crippen molar-refractivity contribution < 1.29 is 9.21 Å². The summed E-state index contributed by atoms with van der Waals surface area (Å²) in [5, 5.41) is 2.91. The minimum atomic E-state index is -0.377. The van der Waals surface area contributed by atoms with Gasteiger partial charge in [-0.25, -0.2) is 0 Å². The smallest absolute Gasteiger partial charge is 0.263 e. The zero-order valence-electron chi connectivity index (χ0n) is 15.1. The van der Waals surface area contributed by atoms with Crippen LogP contribution in [0.5, 0.6) is 0 Å². The van der Waals surface area contributed by atoms with Crippen LogP contribution in [-0.4, -0.2) is 35.0 Å². The van der Waals surface area contributed by atoms with E-state index in [1.54, 1.807) is 24.7 Å². The second kappa shape index (κ2) is 6.88. The molecule has 8 nitrogen and oxygen atoms in total. The molecule has 0 unspecified atom stereocenters. The Balaban J connectivity index is 1.65. The lowest BCUT2D eigenvalue weighted by molar-refractivity contribution is 0.102. The first-order valence-corrected chi connectivity index (χ1v) is 8.93. The molecule has 1 fully saturated rings. The van der Waals surface area contributed by atoms with E-state index in [0.29, 0.717) is 16.8 Å². The SMILES string of the molecule is Cc1cnc2c(C(=O)Nc3cnccc3N3CCC[C@@H](N)C3)c(N)oc2c1. The molecule has 8 heteroatoms. The van der Waals surface area contributed by atoms with Crippen molar-refractivity contribution in [1.29, 1.82) is 0 Å². The zero-order chi connectivity index (χ0) is 19.0. The molecule has 0 radical (unpaired) electrons. The lowest BCUT2D eigenvalue weighted by Gasteiger charge is -2.33. The van der Waals surface area contributed by atoms with Gasteiger partial charge in [-0.05, 0) is 37.5 Å². The Hall–Kier alpha value is -3.13. The maximum Gasteiger partial charge on any atom is 0.263 e. The zero-order valence-corrected chi connectivity index (χ0v) is 15.1. The topological polar surface area (TPSA) is 123 Å². The van der Waals surface area contributed by atoms with Gasteiger partial charge in [0.15, 0.2) is 5.58 Å². The first kappa shape index (κ1) is 17.3. The van der Waals surface area contributed by atoms with Crippen molar-refractivity contribution in [3.05, 3.63) is 41.9 Å². The minimum Gasteiger partial charge on any atom is -0.438 e. The first-order valence-electron chi connectivity index (χ1n) is 8.93. The van der Waals surface area contributed by atoms with Crippen LogP contribution in [0.2, 0.25) is 0 Å². The Morgan fingerprint density at radius 3 is 3.07 bits per heavy atom. The van der Waals surface area contributed by atoms with Gasteiger partial charge in [0.1, 0.15) is 11.1 Å². The number of fused-ring (bicyclic) bond motifs is 1. The number of hydrogen-bond donors (Lipinski definition) is 3.